The van der Waals surface area contributed by atoms with E-state index in [0.717, 1.165) is 16.7 Å². The molecule has 0 bridgehead atoms. The van der Waals surface area contributed by atoms with Gasteiger partial charge in [0, 0.05) is 47.0 Å². The predicted octanol–water partition coefficient (Wildman–Crippen LogP) is 5.35. The molecule has 7 nitrogen and oxygen atoms in total. The number of carbonyl (C=O) groups excluding carboxylic acids is 2. The number of amidine groups is 1. The van der Waals surface area contributed by atoms with E-state index in [1.165, 1.54) is 0 Å². The van der Waals surface area contributed by atoms with E-state index in [2.05, 4.69) is 5.32 Å². The molecule has 2 aromatic rings. The molecule has 3 N–H and O–H groups in total. The molecule has 2 aromatic carbocycles. The third-order valence-electron chi connectivity index (χ3n) is 6.30. The Hall–Kier alpha value is -2.87. The molecule has 0 spiro atoms. The lowest BCUT2D eigenvalue weighted by molar-refractivity contribution is 0.0954. The number of nitrogens with one attached hydrogen (secondary N) is 2. The SMILES string of the molecule is Br.CCOc1cc(C(=O)NC)cc2c1CN(CC(=O)c1cc(C(C)(C)C)c(O)c(C(C)(C)C)c1)C2=N. The summed E-state index contributed by atoms with van der Waals surface area (Å²) in [7, 11) is 1.56. The van der Waals surface area contributed by atoms with E-state index in [-0.39, 0.29) is 57.6 Å². The number of phenols is 1. The zero-order valence-electron chi connectivity index (χ0n) is 22.5. The number of ketones is 1. The largest absolute Gasteiger partial charge is 0.507 e. The van der Waals surface area contributed by atoms with Crippen molar-refractivity contribution in [2.75, 3.05) is 20.2 Å². The lowest BCUT2D eigenvalue weighted by atomic mass is 9.78. The lowest BCUT2D eigenvalue weighted by Gasteiger charge is -2.28. The van der Waals surface area contributed by atoms with Gasteiger partial charge < -0.3 is 20.1 Å². The number of ether oxygens (including phenoxy) is 1. The first-order chi connectivity index (χ1) is 16.2. The van der Waals surface area contributed by atoms with Gasteiger partial charge in [-0.05, 0) is 42.0 Å². The molecule has 3 rings (SSSR count). The van der Waals surface area contributed by atoms with Crippen molar-refractivity contribution in [1.82, 2.24) is 10.2 Å². The highest BCUT2D eigenvalue weighted by Gasteiger charge is 2.32. The maximum absolute atomic E-state index is 13.5. The van der Waals surface area contributed by atoms with Gasteiger partial charge in [0.05, 0.1) is 13.2 Å². The van der Waals surface area contributed by atoms with Crippen molar-refractivity contribution in [3.8, 4) is 11.5 Å². The Balaban J connectivity index is 0.00000456. The molecule has 0 atom stereocenters. The minimum absolute atomic E-state index is 0. The first kappa shape index (κ1) is 29.4. The van der Waals surface area contributed by atoms with Gasteiger partial charge in [-0.3, -0.25) is 15.0 Å². The lowest BCUT2D eigenvalue weighted by Crippen LogP contribution is -2.31. The molecule has 1 aliphatic rings. The van der Waals surface area contributed by atoms with Crippen molar-refractivity contribution in [3.05, 3.63) is 57.6 Å². The number of hydrogen-bond donors (Lipinski definition) is 3. The minimum atomic E-state index is -0.348. The average molecular weight is 561 g/mol. The fourth-order valence-electron chi connectivity index (χ4n) is 4.36. The monoisotopic (exact) mass is 559 g/mol. The number of hydrogen-bond acceptors (Lipinski definition) is 5. The Kier molecular flexibility index (Phi) is 8.67. The minimum Gasteiger partial charge on any atom is -0.507 e. The average Bonchev–Trinajstić information content (AvgIpc) is 3.07. The van der Waals surface area contributed by atoms with Crippen LogP contribution in [-0.2, 0) is 17.4 Å². The molecule has 0 radical (unpaired) electrons. The van der Waals surface area contributed by atoms with Gasteiger partial charge in [0.15, 0.2) is 5.78 Å². The summed E-state index contributed by atoms with van der Waals surface area (Å²) < 4.78 is 5.77. The number of rotatable bonds is 6. The summed E-state index contributed by atoms with van der Waals surface area (Å²) in [6.07, 6.45) is 0. The van der Waals surface area contributed by atoms with Gasteiger partial charge in [-0.25, -0.2) is 0 Å². The summed E-state index contributed by atoms with van der Waals surface area (Å²) in [5.41, 5.74) is 3.07. The summed E-state index contributed by atoms with van der Waals surface area (Å²) in [5.74, 6) is 0.572. The van der Waals surface area contributed by atoms with Crippen molar-refractivity contribution < 1.29 is 19.4 Å². The maximum atomic E-state index is 13.5. The zero-order chi connectivity index (χ0) is 26.3. The number of Topliss-reactive ketones (excluding diaryl/α,β-unsaturated/α-hetero) is 1. The van der Waals surface area contributed by atoms with Crippen molar-refractivity contribution in [2.24, 2.45) is 0 Å². The van der Waals surface area contributed by atoms with Gasteiger partial charge in [0.1, 0.15) is 17.3 Å². The second-order valence-corrected chi connectivity index (χ2v) is 11.1. The number of benzene rings is 2. The van der Waals surface area contributed by atoms with Crippen LogP contribution in [0.25, 0.3) is 0 Å². The van der Waals surface area contributed by atoms with E-state index in [1.807, 2.05) is 48.5 Å². The van der Waals surface area contributed by atoms with E-state index in [0.29, 0.717) is 35.6 Å². The highest BCUT2D eigenvalue weighted by molar-refractivity contribution is 8.93. The molecule has 0 unspecified atom stereocenters. The van der Waals surface area contributed by atoms with Crippen LogP contribution >= 0.6 is 17.0 Å². The molecule has 36 heavy (non-hydrogen) atoms. The predicted molar refractivity (Wildman–Crippen MR) is 148 cm³/mol. The van der Waals surface area contributed by atoms with Crippen molar-refractivity contribution in [3.63, 3.8) is 0 Å². The van der Waals surface area contributed by atoms with Crippen LogP contribution in [0.1, 0.15) is 91.4 Å². The number of aromatic hydroxyl groups is 1. The van der Waals surface area contributed by atoms with Crippen molar-refractivity contribution in [2.45, 2.75) is 65.8 Å². The van der Waals surface area contributed by atoms with Gasteiger partial charge in [-0.2, -0.15) is 0 Å². The third-order valence-corrected chi connectivity index (χ3v) is 6.30. The molecule has 1 amide bonds. The number of carbonyl (C=O) groups is 2. The Morgan fingerprint density at radius 2 is 1.58 bits per heavy atom. The van der Waals surface area contributed by atoms with E-state index in [9.17, 15) is 14.7 Å². The van der Waals surface area contributed by atoms with E-state index in [4.69, 9.17) is 10.1 Å². The van der Waals surface area contributed by atoms with Crippen LogP contribution < -0.4 is 10.1 Å². The van der Waals surface area contributed by atoms with Gasteiger partial charge in [-0.1, -0.05) is 41.5 Å². The van der Waals surface area contributed by atoms with Gasteiger partial charge in [0.2, 0.25) is 0 Å². The topological polar surface area (TPSA) is 103 Å². The van der Waals surface area contributed by atoms with Crippen molar-refractivity contribution in [1.29, 1.82) is 5.41 Å². The first-order valence-electron chi connectivity index (χ1n) is 12.0. The number of amides is 1. The van der Waals surface area contributed by atoms with Gasteiger partial charge >= 0.3 is 0 Å². The Morgan fingerprint density at radius 3 is 2.06 bits per heavy atom. The molecule has 1 heterocycles. The van der Waals surface area contributed by atoms with Crippen LogP contribution in [0.5, 0.6) is 11.5 Å². The second-order valence-electron chi connectivity index (χ2n) is 11.1. The first-order valence-corrected chi connectivity index (χ1v) is 12.0. The van der Waals surface area contributed by atoms with E-state index >= 15 is 0 Å². The molecule has 196 valence electrons. The molecule has 8 heteroatoms. The van der Waals surface area contributed by atoms with Crippen LogP contribution in [0.4, 0.5) is 0 Å². The van der Waals surface area contributed by atoms with E-state index in [1.54, 1.807) is 36.2 Å². The summed E-state index contributed by atoms with van der Waals surface area (Å²) in [4.78, 5) is 27.4. The molecule has 0 saturated heterocycles. The van der Waals surface area contributed by atoms with Crippen LogP contribution in [0.3, 0.4) is 0 Å². The number of halogens is 1. The van der Waals surface area contributed by atoms with Gasteiger partial charge in [-0.15, -0.1) is 17.0 Å². The third kappa shape index (κ3) is 5.75. The molecule has 0 saturated carbocycles. The molecule has 1 aliphatic heterocycles. The van der Waals surface area contributed by atoms with E-state index < -0.39 is 0 Å². The zero-order valence-corrected chi connectivity index (χ0v) is 24.2. The molecular weight excluding hydrogens is 522 g/mol. The number of nitrogens with zero attached hydrogens (tertiary/aromatic N) is 1. The summed E-state index contributed by atoms with van der Waals surface area (Å²) >= 11 is 0. The summed E-state index contributed by atoms with van der Waals surface area (Å²) in [6.45, 7) is 14.7. The normalized spacial score (nSPS) is 13.2. The Labute approximate surface area is 224 Å². The molecule has 0 aliphatic carbocycles. The van der Waals surface area contributed by atoms with Gasteiger partial charge in [0.25, 0.3) is 5.91 Å². The number of fused-ring (bicyclic) bond motifs is 1. The Bertz CT molecular complexity index is 1160. The van der Waals surface area contributed by atoms with Crippen LogP contribution in [0.2, 0.25) is 0 Å². The van der Waals surface area contributed by atoms with Crippen LogP contribution in [0.15, 0.2) is 24.3 Å². The fourth-order valence-corrected chi connectivity index (χ4v) is 4.36. The highest BCUT2D eigenvalue weighted by Crippen LogP contribution is 2.40. The molecule has 0 aromatic heterocycles. The van der Waals surface area contributed by atoms with Crippen LogP contribution in [0, 0.1) is 5.41 Å². The Morgan fingerprint density at radius 1 is 1.03 bits per heavy atom. The number of phenolic OH excluding ortho intramolecular Hbond substituents is 1. The maximum Gasteiger partial charge on any atom is 0.251 e. The van der Waals surface area contributed by atoms with Crippen LogP contribution in [-0.4, -0.2) is 47.7 Å². The second kappa shape index (κ2) is 10.6. The summed E-state index contributed by atoms with van der Waals surface area (Å²) in [6, 6.07) is 6.91. The smallest absolute Gasteiger partial charge is 0.251 e. The fraction of sp³-hybridized carbons (Fsp3) is 0.464. The van der Waals surface area contributed by atoms with Crippen molar-refractivity contribution >= 4 is 34.5 Å². The summed E-state index contributed by atoms with van der Waals surface area (Å²) in [5, 5.41) is 22.3. The highest BCUT2D eigenvalue weighted by atomic mass is 79.9. The quantitative estimate of drug-likeness (QED) is 0.414. The standard InChI is InChI=1S/C28H37N3O4.BrH/c1-9-35-23-13-17(26(34)30-8)10-18-19(23)14-31(25(18)29)15-22(32)16-11-20(27(2,3)4)24(33)21(12-16)28(5,6)7;/h10-13,29,33H,9,14-15H2,1-8H3,(H,30,34);1H. The molecule has 0 fully saturated rings. The molecular formula is C28H38BrN3O4.